The van der Waals surface area contributed by atoms with Gasteiger partial charge in [-0.05, 0) is 22.9 Å². The lowest BCUT2D eigenvalue weighted by Crippen LogP contribution is -2.03. The molecule has 0 unspecified atom stereocenters. The summed E-state index contributed by atoms with van der Waals surface area (Å²) < 4.78 is 2.14. The summed E-state index contributed by atoms with van der Waals surface area (Å²) in [5.41, 5.74) is -0.0597. The van der Waals surface area contributed by atoms with Crippen LogP contribution < -0.4 is 0 Å². The zero-order valence-corrected chi connectivity index (χ0v) is 9.88. The molecule has 0 fully saturated rings. The van der Waals surface area contributed by atoms with E-state index in [4.69, 9.17) is 0 Å². The summed E-state index contributed by atoms with van der Waals surface area (Å²) in [6, 6.07) is 1.42. The highest BCUT2D eigenvalue weighted by Gasteiger charge is 2.18. The van der Waals surface area contributed by atoms with Gasteiger partial charge < -0.3 is 0 Å². The van der Waals surface area contributed by atoms with Crippen molar-refractivity contribution in [1.29, 1.82) is 0 Å². The maximum absolute atomic E-state index is 10.9. The minimum Gasteiger partial charge on any atom is -0.282 e. The van der Waals surface area contributed by atoms with E-state index in [0.717, 1.165) is 0 Å². The van der Waals surface area contributed by atoms with E-state index in [2.05, 4.69) is 25.9 Å². The molecule has 0 aliphatic carbocycles. The van der Waals surface area contributed by atoms with Crippen LogP contribution in [0.25, 0.3) is 5.82 Å². The Balaban J connectivity index is 2.65. The lowest BCUT2D eigenvalue weighted by molar-refractivity contribution is -0.384. The van der Waals surface area contributed by atoms with Crippen LogP contribution in [0.5, 0.6) is 0 Å². The average molecular weight is 283 g/mol. The third-order valence-electron chi connectivity index (χ3n) is 2.06. The highest BCUT2D eigenvalue weighted by atomic mass is 79.9. The number of halogens is 1. The molecule has 0 radical (unpaired) electrons. The van der Waals surface area contributed by atoms with Gasteiger partial charge in [-0.2, -0.15) is 0 Å². The molecule has 0 aliphatic rings. The van der Waals surface area contributed by atoms with Gasteiger partial charge in [-0.15, -0.1) is 0 Å². The summed E-state index contributed by atoms with van der Waals surface area (Å²) in [4.78, 5) is 18.5. The first-order valence-corrected chi connectivity index (χ1v) is 5.19. The monoisotopic (exact) mass is 282 g/mol. The lowest BCUT2D eigenvalue weighted by Gasteiger charge is -2.04. The molecule has 0 aliphatic heterocycles. The highest BCUT2D eigenvalue weighted by Crippen LogP contribution is 2.24. The number of nitrogens with zero attached hydrogens (tertiary/aromatic N) is 4. The third kappa shape index (κ3) is 1.81. The van der Waals surface area contributed by atoms with Crippen molar-refractivity contribution in [2.24, 2.45) is 0 Å². The van der Waals surface area contributed by atoms with E-state index in [1.165, 1.54) is 12.3 Å². The SMILES string of the molecule is Cc1nccn1-c1ncc(Br)cc1[N+](=O)[O-]. The van der Waals surface area contributed by atoms with Crippen LogP contribution in [0.1, 0.15) is 5.82 Å². The molecule has 0 spiro atoms. The minimum absolute atomic E-state index is 0.0597. The molecule has 0 amide bonds. The number of hydrogen-bond acceptors (Lipinski definition) is 4. The molecular formula is C9H7BrN4O2. The third-order valence-corrected chi connectivity index (χ3v) is 2.50. The number of rotatable bonds is 2. The Labute approximate surface area is 99.2 Å². The molecule has 0 saturated carbocycles. The highest BCUT2D eigenvalue weighted by molar-refractivity contribution is 9.10. The van der Waals surface area contributed by atoms with Crippen LogP contribution in [0.3, 0.4) is 0 Å². The van der Waals surface area contributed by atoms with Crippen molar-refractivity contribution in [1.82, 2.24) is 14.5 Å². The van der Waals surface area contributed by atoms with Crippen LogP contribution >= 0.6 is 15.9 Å². The smallest absolute Gasteiger partial charge is 0.282 e. The number of aromatic nitrogens is 3. The fourth-order valence-electron chi connectivity index (χ4n) is 1.34. The van der Waals surface area contributed by atoms with Gasteiger partial charge >= 0.3 is 5.69 Å². The van der Waals surface area contributed by atoms with Crippen molar-refractivity contribution >= 4 is 21.6 Å². The van der Waals surface area contributed by atoms with E-state index < -0.39 is 4.92 Å². The summed E-state index contributed by atoms with van der Waals surface area (Å²) in [5, 5.41) is 10.9. The number of nitro groups is 1. The van der Waals surface area contributed by atoms with E-state index >= 15 is 0 Å². The van der Waals surface area contributed by atoms with Crippen molar-refractivity contribution in [3.8, 4) is 5.82 Å². The number of imidazole rings is 1. The van der Waals surface area contributed by atoms with Crippen LogP contribution in [0.4, 0.5) is 5.69 Å². The van der Waals surface area contributed by atoms with E-state index in [9.17, 15) is 10.1 Å². The van der Waals surface area contributed by atoms with E-state index in [1.807, 2.05) is 0 Å². The Hall–Kier alpha value is -1.76. The van der Waals surface area contributed by atoms with Gasteiger partial charge in [-0.25, -0.2) is 9.97 Å². The zero-order valence-electron chi connectivity index (χ0n) is 8.29. The largest absolute Gasteiger partial charge is 0.313 e. The summed E-state index contributed by atoms with van der Waals surface area (Å²) in [7, 11) is 0. The van der Waals surface area contributed by atoms with Gasteiger partial charge in [0.1, 0.15) is 5.82 Å². The average Bonchev–Trinajstić information content (AvgIpc) is 2.64. The maximum Gasteiger partial charge on any atom is 0.313 e. The first kappa shape index (κ1) is 10.7. The van der Waals surface area contributed by atoms with Gasteiger partial charge in [0.05, 0.1) is 4.92 Å². The summed E-state index contributed by atoms with van der Waals surface area (Å²) in [5.74, 6) is 0.918. The maximum atomic E-state index is 10.9. The Morgan fingerprint density at radius 1 is 1.50 bits per heavy atom. The molecule has 0 bridgehead atoms. The van der Waals surface area contributed by atoms with Crippen molar-refractivity contribution in [2.75, 3.05) is 0 Å². The van der Waals surface area contributed by atoms with Crippen molar-refractivity contribution in [2.45, 2.75) is 6.92 Å². The molecular weight excluding hydrogens is 276 g/mol. The summed E-state index contributed by atoms with van der Waals surface area (Å²) >= 11 is 3.15. The molecule has 2 rings (SSSR count). The molecule has 0 aromatic carbocycles. The molecule has 0 atom stereocenters. The molecule has 2 aromatic heterocycles. The van der Waals surface area contributed by atoms with Crippen LogP contribution in [0.2, 0.25) is 0 Å². The second-order valence-corrected chi connectivity index (χ2v) is 4.01. The van der Waals surface area contributed by atoms with Crippen molar-refractivity contribution in [3.63, 3.8) is 0 Å². The predicted octanol–water partition coefficient (Wildman–Crippen LogP) is 2.25. The van der Waals surface area contributed by atoms with Gasteiger partial charge in [-0.1, -0.05) is 0 Å². The first-order chi connectivity index (χ1) is 7.59. The van der Waals surface area contributed by atoms with Crippen LogP contribution in [-0.2, 0) is 0 Å². The van der Waals surface area contributed by atoms with Crippen molar-refractivity contribution in [3.05, 3.63) is 45.1 Å². The van der Waals surface area contributed by atoms with Crippen molar-refractivity contribution < 1.29 is 4.92 Å². The van der Waals surface area contributed by atoms with Crippen LogP contribution in [-0.4, -0.2) is 19.5 Å². The molecule has 0 saturated heterocycles. The number of hydrogen-bond donors (Lipinski definition) is 0. The molecule has 82 valence electrons. The Morgan fingerprint density at radius 3 is 2.81 bits per heavy atom. The van der Waals surface area contributed by atoms with Gasteiger partial charge in [0.2, 0.25) is 5.82 Å². The molecule has 2 aromatic rings. The van der Waals surface area contributed by atoms with E-state index in [-0.39, 0.29) is 11.5 Å². The number of aryl methyl sites for hydroxylation is 1. The van der Waals surface area contributed by atoms with Crippen LogP contribution in [0.15, 0.2) is 29.1 Å². The van der Waals surface area contributed by atoms with Gasteiger partial charge in [0, 0.05) is 29.1 Å². The second kappa shape index (κ2) is 4.01. The van der Waals surface area contributed by atoms with Gasteiger partial charge in [-0.3, -0.25) is 14.7 Å². The minimum atomic E-state index is -0.466. The summed E-state index contributed by atoms with van der Waals surface area (Å²) in [6.07, 6.45) is 4.73. The Bertz CT molecular complexity index is 552. The van der Waals surface area contributed by atoms with E-state index in [1.54, 1.807) is 23.9 Å². The van der Waals surface area contributed by atoms with E-state index in [0.29, 0.717) is 10.3 Å². The molecule has 2 heterocycles. The fraction of sp³-hybridized carbons (Fsp3) is 0.111. The topological polar surface area (TPSA) is 73.8 Å². The fourth-order valence-corrected chi connectivity index (χ4v) is 1.66. The normalized spacial score (nSPS) is 10.4. The van der Waals surface area contributed by atoms with Crippen LogP contribution in [0, 0.1) is 17.0 Å². The standard InChI is InChI=1S/C9H7BrN4O2/c1-6-11-2-3-13(6)9-8(14(15)16)4-7(10)5-12-9/h2-5H,1H3. The molecule has 6 nitrogen and oxygen atoms in total. The quantitative estimate of drug-likeness (QED) is 0.625. The Morgan fingerprint density at radius 2 is 2.25 bits per heavy atom. The first-order valence-electron chi connectivity index (χ1n) is 4.40. The summed E-state index contributed by atoms with van der Waals surface area (Å²) in [6.45, 7) is 1.76. The molecule has 7 heteroatoms. The number of pyridine rings is 1. The second-order valence-electron chi connectivity index (χ2n) is 3.10. The van der Waals surface area contributed by atoms with Gasteiger partial charge in [0.15, 0.2) is 0 Å². The predicted molar refractivity (Wildman–Crippen MR) is 60.5 cm³/mol. The molecule has 0 N–H and O–H groups in total. The Kier molecular flexibility index (Phi) is 2.69. The zero-order chi connectivity index (χ0) is 11.7. The van der Waals surface area contributed by atoms with Gasteiger partial charge in [0.25, 0.3) is 0 Å². The molecule has 16 heavy (non-hydrogen) atoms. The lowest BCUT2D eigenvalue weighted by atomic mass is 10.4.